The molecule has 5 rings (SSSR count). The van der Waals surface area contributed by atoms with Crippen LogP contribution in [0.15, 0.2) is 121 Å². The van der Waals surface area contributed by atoms with Gasteiger partial charge >= 0.3 is 0 Å². The summed E-state index contributed by atoms with van der Waals surface area (Å²) in [5.74, 6) is 0.647. The van der Waals surface area contributed by atoms with Crippen molar-refractivity contribution in [1.29, 1.82) is 0 Å². The summed E-state index contributed by atoms with van der Waals surface area (Å²) >= 11 is 0. The van der Waals surface area contributed by atoms with Crippen LogP contribution >= 0.6 is 15.8 Å². The van der Waals surface area contributed by atoms with Crippen molar-refractivity contribution in [1.82, 2.24) is 5.32 Å². The highest BCUT2D eigenvalue weighted by Crippen LogP contribution is 2.60. The van der Waals surface area contributed by atoms with Gasteiger partial charge in [0.05, 0.1) is 0 Å². The zero-order chi connectivity index (χ0) is 24.0. The third kappa shape index (κ3) is 5.29. The van der Waals surface area contributed by atoms with E-state index in [1.54, 1.807) is 0 Å². The molecule has 3 heteroatoms. The Hall–Kier alpha value is -2.30. The minimum absolute atomic E-state index is 0.472. The van der Waals surface area contributed by atoms with E-state index in [1.807, 2.05) is 0 Å². The summed E-state index contributed by atoms with van der Waals surface area (Å²) in [6.45, 7) is 2.40. The second kappa shape index (κ2) is 11.6. The molecule has 4 atom stereocenters. The van der Waals surface area contributed by atoms with Gasteiger partial charge in [-0.15, -0.1) is 0 Å². The monoisotopic (exact) mass is 495 g/mol. The summed E-state index contributed by atoms with van der Waals surface area (Å²) in [7, 11) is 1.16. The predicted octanol–water partition coefficient (Wildman–Crippen LogP) is 6.01. The molecule has 3 unspecified atom stereocenters. The first-order chi connectivity index (χ1) is 17.3. The first-order valence-corrected chi connectivity index (χ1v) is 15.6. The molecule has 4 aromatic carbocycles. The van der Waals surface area contributed by atoms with Gasteiger partial charge in [0, 0.05) is 6.04 Å². The molecule has 1 fully saturated rings. The van der Waals surface area contributed by atoms with Crippen LogP contribution in [0.1, 0.15) is 19.8 Å². The van der Waals surface area contributed by atoms with Gasteiger partial charge in [-0.3, -0.25) is 0 Å². The van der Waals surface area contributed by atoms with Crippen molar-refractivity contribution in [3.05, 3.63) is 121 Å². The van der Waals surface area contributed by atoms with E-state index >= 15 is 0 Å². The van der Waals surface area contributed by atoms with Gasteiger partial charge in [-0.1, -0.05) is 121 Å². The molecule has 4 aromatic rings. The Bertz CT molecular complexity index is 1090. The van der Waals surface area contributed by atoms with Crippen LogP contribution in [0.25, 0.3) is 0 Å². The first-order valence-electron chi connectivity index (χ1n) is 12.7. The van der Waals surface area contributed by atoms with E-state index in [4.69, 9.17) is 0 Å². The van der Waals surface area contributed by atoms with E-state index in [1.165, 1.54) is 34.1 Å². The Kier molecular flexibility index (Phi) is 8.10. The average molecular weight is 496 g/mol. The SMILES string of the molecule is CN[C@H](C)C1CCC(P(c2ccccc2)c2ccccc2)C1P(c1ccccc1)c1ccccc1. The van der Waals surface area contributed by atoms with Crippen LogP contribution in [0, 0.1) is 5.92 Å². The zero-order valence-corrected chi connectivity index (χ0v) is 22.5. The molecule has 1 aliphatic rings. The maximum absolute atomic E-state index is 3.65. The van der Waals surface area contributed by atoms with E-state index < -0.39 is 15.8 Å². The lowest BCUT2D eigenvalue weighted by Gasteiger charge is -2.39. The van der Waals surface area contributed by atoms with Crippen molar-refractivity contribution in [3.63, 3.8) is 0 Å². The van der Waals surface area contributed by atoms with E-state index in [0.717, 1.165) is 0 Å². The highest BCUT2D eigenvalue weighted by molar-refractivity contribution is 7.77. The fraction of sp³-hybridized carbons (Fsp3) is 0.250. The second-order valence-electron chi connectivity index (χ2n) is 9.46. The van der Waals surface area contributed by atoms with Gasteiger partial charge in [0.15, 0.2) is 0 Å². The molecule has 1 N–H and O–H groups in total. The standard InChI is InChI=1S/C32H35NP2/c1-25(33-2)30-23-24-31(34(26-15-7-3-8-16-26)27-17-9-4-10-18-27)32(30)35(28-19-11-5-12-20-28)29-21-13-6-14-22-29/h3-22,25,30-33H,23-24H2,1-2H3/t25-,30?,31?,32?/m1/s1. The van der Waals surface area contributed by atoms with E-state index in [2.05, 4.69) is 141 Å². The largest absolute Gasteiger partial charge is 0.317 e. The number of rotatable bonds is 8. The molecule has 0 aliphatic heterocycles. The van der Waals surface area contributed by atoms with Crippen LogP contribution in [-0.4, -0.2) is 24.4 Å². The lowest BCUT2D eigenvalue weighted by molar-refractivity contribution is 0.411. The predicted molar refractivity (Wildman–Crippen MR) is 157 cm³/mol. The number of hydrogen-bond acceptors (Lipinski definition) is 1. The van der Waals surface area contributed by atoms with Crippen molar-refractivity contribution in [2.24, 2.45) is 5.92 Å². The van der Waals surface area contributed by atoms with Crippen molar-refractivity contribution in [2.75, 3.05) is 7.05 Å². The lowest BCUT2D eigenvalue weighted by atomic mass is 10.00. The third-order valence-corrected chi connectivity index (χ3v) is 13.7. The van der Waals surface area contributed by atoms with Crippen molar-refractivity contribution in [2.45, 2.75) is 37.1 Å². The Morgan fingerprint density at radius 1 is 0.571 bits per heavy atom. The molecule has 1 aliphatic carbocycles. The minimum Gasteiger partial charge on any atom is -0.317 e. The normalized spacial score (nSPS) is 20.9. The Morgan fingerprint density at radius 2 is 0.943 bits per heavy atom. The Balaban J connectivity index is 1.68. The molecule has 35 heavy (non-hydrogen) atoms. The molecule has 0 aromatic heterocycles. The van der Waals surface area contributed by atoms with Gasteiger partial charge in [-0.2, -0.15) is 0 Å². The van der Waals surface area contributed by atoms with Crippen LogP contribution in [0.5, 0.6) is 0 Å². The summed E-state index contributed by atoms with van der Waals surface area (Å²) < 4.78 is 0. The summed E-state index contributed by atoms with van der Waals surface area (Å²) in [6.07, 6.45) is 2.57. The van der Waals surface area contributed by atoms with E-state index in [-0.39, 0.29) is 0 Å². The molecular weight excluding hydrogens is 460 g/mol. The van der Waals surface area contributed by atoms with Gasteiger partial charge in [0.2, 0.25) is 0 Å². The van der Waals surface area contributed by atoms with Crippen molar-refractivity contribution in [3.8, 4) is 0 Å². The average Bonchev–Trinajstić information content (AvgIpc) is 3.35. The molecule has 1 saturated carbocycles. The quantitative estimate of drug-likeness (QED) is 0.295. The highest BCUT2D eigenvalue weighted by Gasteiger charge is 2.47. The number of benzene rings is 4. The van der Waals surface area contributed by atoms with Gasteiger partial charge in [-0.25, -0.2) is 0 Å². The first kappa shape index (κ1) is 24.4. The van der Waals surface area contributed by atoms with Crippen molar-refractivity contribution >= 4 is 37.1 Å². The van der Waals surface area contributed by atoms with Crippen LogP contribution < -0.4 is 26.5 Å². The molecule has 0 spiro atoms. The van der Waals surface area contributed by atoms with Gasteiger partial charge in [-0.05, 0) is 81.1 Å². The van der Waals surface area contributed by atoms with E-state index in [9.17, 15) is 0 Å². The summed E-state index contributed by atoms with van der Waals surface area (Å²) in [4.78, 5) is 0. The molecule has 1 nitrogen and oxygen atoms in total. The Labute approximate surface area is 213 Å². The minimum atomic E-state index is -0.506. The highest BCUT2D eigenvalue weighted by atomic mass is 31.1. The lowest BCUT2D eigenvalue weighted by Crippen LogP contribution is -2.41. The van der Waals surface area contributed by atoms with E-state index in [0.29, 0.717) is 23.3 Å². The molecule has 178 valence electrons. The molecule has 0 bridgehead atoms. The summed E-state index contributed by atoms with van der Waals surface area (Å²) in [6, 6.07) is 45.9. The van der Waals surface area contributed by atoms with Gasteiger partial charge in [0.25, 0.3) is 0 Å². The van der Waals surface area contributed by atoms with Crippen LogP contribution in [-0.2, 0) is 0 Å². The third-order valence-electron chi connectivity index (χ3n) is 7.49. The maximum atomic E-state index is 3.65. The molecule has 0 heterocycles. The second-order valence-corrected chi connectivity index (χ2v) is 14.3. The Morgan fingerprint density at radius 3 is 1.31 bits per heavy atom. The van der Waals surface area contributed by atoms with Gasteiger partial charge < -0.3 is 5.32 Å². The smallest absolute Gasteiger partial charge is 0.00704 e. The number of hydrogen-bond donors (Lipinski definition) is 1. The number of nitrogens with one attached hydrogen (secondary N) is 1. The molecule has 0 radical (unpaired) electrons. The van der Waals surface area contributed by atoms with Crippen LogP contribution in [0.2, 0.25) is 0 Å². The van der Waals surface area contributed by atoms with Crippen LogP contribution in [0.4, 0.5) is 0 Å². The molecule has 0 amide bonds. The van der Waals surface area contributed by atoms with Crippen molar-refractivity contribution < 1.29 is 0 Å². The zero-order valence-electron chi connectivity index (χ0n) is 20.7. The summed E-state index contributed by atoms with van der Waals surface area (Å²) in [5, 5.41) is 9.69. The van der Waals surface area contributed by atoms with Gasteiger partial charge in [0.1, 0.15) is 0 Å². The maximum Gasteiger partial charge on any atom is 0.00704 e. The summed E-state index contributed by atoms with van der Waals surface area (Å²) in [5.41, 5.74) is 1.26. The molecule has 0 saturated heterocycles. The molecular formula is C32H35NP2. The fourth-order valence-electron chi connectivity index (χ4n) is 5.78. The fourth-order valence-corrected chi connectivity index (χ4v) is 12.8. The van der Waals surface area contributed by atoms with Crippen LogP contribution in [0.3, 0.4) is 0 Å². The topological polar surface area (TPSA) is 12.0 Å².